The van der Waals surface area contributed by atoms with Crippen LogP contribution in [0.2, 0.25) is 0 Å². The number of benzene rings is 1. The standard InChI is InChI=1S/C10H13N3O2S/c14-9(3-4-16)10(15)6-1-2-7-8(5-6)12-13-11-7/h1-2,5,9-10,14-16H,3-4H2,(H,11,12,13). The number of rotatable bonds is 4. The summed E-state index contributed by atoms with van der Waals surface area (Å²) in [5.74, 6) is 0.532. The highest BCUT2D eigenvalue weighted by Gasteiger charge is 2.18. The lowest BCUT2D eigenvalue weighted by Crippen LogP contribution is -2.18. The van der Waals surface area contributed by atoms with Gasteiger partial charge in [-0.2, -0.15) is 28.0 Å². The number of fused-ring (bicyclic) bond motifs is 1. The number of nitrogens with zero attached hydrogens (tertiary/aromatic N) is 2. The normalized spacial score (nSPS) is 15.2. The number of hydrogen-bond donors (Lipinski definition) is 4. The van der Waals surface area contributed by atoms with Crippen molar-refractivity contribution in [1.82, 2.24) is 15.4 Å². The van der Waals surface area contributed by atoms with E-state index in [0.29, 0.717) is 23.3 Å². The van der Waals surface area contributed by atoms with E-state index in [1.54, 1.807) is 18.2 Å². The average molecular weight is 239 g/mol. The Kier molecular flexibility index (Phi) is 3.42. The fourth-order valence-corrected chi connectivity index (χ4v) is 1.82. The molecule has 2 rings (SSSR count). The minimum absolute atomic E-state index is 0.446. The number of H-pyrrole nitrogens is 1. The molecule has 0 saturated carbocycles. The maximum atomic E-state index is 9.87. The van der Waals surface area contributed by atoms with Crippen LogP contribution < -0.4 is 0 Å². The Morgan fingerprint density at radius 1 is 1.25 bits per heavy atom. The average Bonchev–Trinajstić information content (AvgIpc) is 2.75. The molecular formula is C10H13N3O2S. The van der Waals surface area contributed by atoms with Crippen LogP contribution in [0.3, 0.4) is 0 Å². The van der Waals surface area contributed by atoms with Crippen molar-refractivity contribution in [2.45, 2.75) is 18.6 Å². The highest BCUT2D eigenvalue weighted by Crippen LogP contribution is 2.21. The van der Waals surface area contributed by atoms with E-state index in [2.05, 4.69) is 28.0 Å². The lowest BCUT2D eigenvalue weighted by molar-refractivity contribution is 0.0173. The monoisotopic (exact) mass is 239 g/mol. The molecule has 0 spiro atoms. The van der Waals surface area contributed by atoms with Gasteiger partial charge < -0.3 is 10.2 Å². The smallest absolute Gasteiger partial charge is 0.113 e. The van der Waals surface area contributed by atoms with Gasteiger partial charge in [-0.25, -0.2) is 0 Å². The van der Waals surface area contributed by atoms with Gasteiger partial charge in [0.15, 0.2) is 0 Å². The van der Waals surface area contributed by atoms with Crippen LogP contribution in [-0.4, -0.2) is 37.5 Å². The Morgan fingerprint density at radius 3 is 2.75 bits per heavy atom. The highest BCUT2D eigenvalue weighted by atomic mass is 32.1. The summed E-state index contributed by atoms with van der Waals surface area (Å²) in [4.78, 5) is 0. The number of hydrogen-bond acceptors (Lipinski definition) is 5. The van der Waals surface area contributed by atoms with Crippen molar-refractivity contribution >= 4 is 23.7 Å². The van der Waals surface area contributed by atoms with Crippen LogP contribution in [0.1, 0.15) is 18.1 Å². The van der Waals surface area contributed by atoms with Gasteiger partial charge in [0.05, 0.1) is 6.10 Å². The predicted octanol–water partition coefficient (Wildman–Crippen LogP) is 0.672. The summed E-state index contributed by atoms with van der Waals surface area (Å²) in [6, 6.07) is 5.20. The lowest BCUT2D eigenvalue weighted by Gasteiger charge is -2.16. The molecule has 86 valence electrons. The summed E-state index contributed by atoms with van der Waals surface area (Å²) < 4.78 is 0. The van der Waals surface area contributed by atoms with Crippen LogP contribution in [0.25, 0.3) is 11.0 Å². The zero-order valence-electron chi connectivity index (χ0n) is 8.54. The molecule has 2 unspecified atom stereocenters. The second-order valence-corrected chi connectivity index (χ2v) is 4.04. The van der Waals surface area contributed by atoms with E-state index >= 15 is 0 Å². The van der Waals surface area contributed by atoms with Crippen molar-refractivity contribution in [3.8, 4) is 0 Å². The molecule has 0 aliphatic rings. The number of thiol groups is 1. The van der Waals surface area contributed by atoms with Gasteiger partial charge in [0.2, 0.25) is 0 Å². The van der Waals surface area contributed by atoms with Crippen molar-refractivity contribution in [2.24, 2.45) is 0 Å². The minimum atomic E-state index is -0.909. The molecule has 1 heterocycles. The van der Waals surface area contributed by atoms with E-state index < -0.39 is 12.2 Å². The third-order valence-electron chi connectivity index (χ3n) is 2.47. The Hall–Kier alpha value is -1.11. The van der Waals surface area contributed by atoms with Crippen LogP contribution >= 0.6 is 12.6 Å². The molecule has 2 atom stereocenters. The van der Waals surface area contributed by atoms with Gasteiger partial charge in [0.25, 0.3) is 0 Å². The molecule has 0 radical (unpaired) electrons. The molecule has 16 heavy (non-hydrogen) atoms. The molecular weight excluding hydrogens is 226 g/mol. The third kappa shape index (κ3) is 2.18. The molecule has 0 aliphatic carbocycles. The fourth-order valence-electron chi connectivity index (χ4n) is 1.55. The van der Waals surface area contributed by atoms with Crippen LogP contribution in [0.5, 0.6) is 0 Å². The first-order valence-corrected chi connectivity index (χ1v) is 5.63. The summed E-state index contributed by atoms with van der Waals surface area (Å²) in [6.45, 7) is 0. The van der Waals surface area contributed by atoms with E-state index in [4.69, 9.17) is 0 Å². The second kappa shape index (κ2) is 4.82. The summed E-state index contributed by atoms with van der Waals surface area (Å²) in [5.41, 5.74) is 2.05. The van der Waals surface area contributed by atoms with E-state index in [1.807, 2.05) is 0 Å². The Bertz CT molecular complexity index is 474. The van der Waals surface area contributed by atoms with Gasteiger partial charge in [0, 0.05) is 0 Å². The molecule has 2 aromatic rings. The second-order valence-electron chi connectivity index (χ2n) is 3.60. The summed E-state index contributed by atoms with van der Waals surface area (Å²) >= 11 is 4.02. The zero-order chi connectivity index (χ0) is 11.5. The highest BCUT2D eigenvalue weighted by molar-refractivity contribution is 7.80. The summed E-state index contributed by atoms with van der Waals surface area (Å²) in [6.07, 6.45) is -1.27. The molecule has 3 N–H and O–H groups in total. The maximum Gasteiger partial charge on any atom is 0.113 e. The van der Waals surface area contributed by atoms with E-state index in [-0.39, 0.29) is 0 Å². The van der Waals surface area contributed by atoms with Gasteiger partial charge in [-0.1, -0.05) is 6.07 Å². The van der Waals surface area contributed by atoms with Crippen molar-refractivity contribution in [3.05, 3.63) is 23.8 Å². The molecule has 0 aliphatic heterocycles. The zero-order valence-corrected chi connectivity index (χ0v) is 9.43. The molecule has 6 heteroatoms. The van der Waals surface area contributed by atoms with Crippen molar-refractivity contribution in [2.75, 3.05) is 5.75 Å². The molecule has 0 fully saturated rings. The van der Waals surface area contributed by atoms with Crippen LogP contribution in [0.15, 0.2) is 18.2 Å². The first-order valence-electron chi connectivity index (χ1n) is 5.00. The van der Waals surface area contributed by atoms with E-state index in [0.717, 1.165) is 5.52 Å². The minimum Gasteiger partial charge on any atom is -0.390 e. The largest absolute Gasteiger partial charge is 0.390 e. The fraction of sp³-hybridized carbons (Fsp3) is 0.400. The number of aromatic nitrogens is 3. The first-order chi connectivity index (χ1) is 7.72. The van der Waals surface area contributed by atoms with Crippen molar-refractivity contribution in [3.63, 3.8) is 0 Å². The van der Waals surface area contributed by atoms with Crippen LogP contribution in [0, 0.1) is 0 Å². The Labute approximate surface area is 97.9 Å². The SMILES string of the molecule is OC(CCS)C(O)c1ccc2n[nH]nc2c1. The first kappa shape index (κ1) is 11.4. The molecule has 1 aromatic heterocycles. The van der Waals surface area contributed by atoms with Crippen LogP contribution in [-0.2, 0) is 0 Å². The molecule has 0 saturated heterocycles. The van der Waals surface area contributed by atoms with E-state index in [1.165, 1.54) is 0 Å². The molecule has 0 amide bonds. The molecule has 1 aromatic carbocycles. The Morgan fingerprint density at radius 2 is 2.00 bits per heavy atom. The number of nitrogens with one attached hydrogen (secondary N) is 1. The molecule has 0 bridgehead atoms. The third-order valence-corrected chi connectivity index (χ3v) is 2.73. The number of aliphatic hydroxyl groups is 2. The van der Waals surface area contributed by atoms with Gasteiger partial charge in [-0.05, 0) is 29.9 Å². The van der Waals surface area contributed by atoms with Crippen LogP contribution in [0.4, 0.5) is 0 Å². The topological polar surface area (TPSA) is 82.0 Å². The summed E-state index contributed by atoms with van der Waals surface area (Å²) in [7, 11) is 0. The van der Waals surface area contributed by atoms with Crippen molar-refractivity contribution in [1.29, 1.82) is 0 Å². The van der Waals surface area contributed by atoms with Gasteiger partial charge >= 0.3 is 0 Å². The number of aromatic amines is 1. The van der Waals surface area contributed by atoms with Crippen molar-refractivity contribution < 1.29 is 10.2 Å². The van der Waals surface area contributed by atoms with Gasteiger partial charge in [-0.15, -0.1) is 0 Å². The molecule has 5 nitrogen and oxygen atoms in total. The van der Waals surface area contributed by atoms with Gasteiger partial charge in [-0.3, -0.25) is 0 Å². The maximum absolute atomic E-state index is 9.87. The van der Waals surface area contributed by atoms with E-state index in [9.17, 15) is 10.2 Å². The predicted molar refractivity (Wildman–Crippen MR) is 63.3 cm³/mol. The summed E-state index contributed by atoms with van der Waals surface area (Å²) in [5, 5.41) is 29.9. The lowest BCUT2D eigenvalue weighted by atomic mass is 10.0. The Balaban J connectivity index is 2.24. The number of aliphatic hydroxyl groups excluding tert-OH is 2. The quantitative estimate of drug-likeness (QED) is 0.591. The van der Waals surface area contributed by atoms with Gasteiger partial charge in [0.1, 0.15) is 17.1 Å².